The largest absolute Gasteiger partial charge is 0.432 e. The van der Waals surface area contributed by atoms with Crippen molar-refractivity contribution < 1.29 is 18.0 Å². The van der Waals surface area contributed by atoms with Crippen LogP contribution >= 0.6 is 0 Å². The zero-order valence-electron chi connectivity index (χ0n) is 19.8. The number of carbonyl (C=O) groups is 1. The van der Waals surface area contributed by atoms with Gasteiger partial charge in [0.2, 0.25) is 0 Å². The third-order valence-corrected chi connectivity index (χ3v) is 5.55. The summed E-state index contributed by atoms with van der Waals surface area (Å²) in [7, 11) is 0. The first kappa shape index (κ1) is 26.0. The number of nitrogens with zero attached hydrogens (tertiary/aromatic N) is 1. The third kappa shape index (κ3) is 6.95. The van der Waals surface area contributed by atoms with Crippen LogP contribution in [0.3, 0.4) is 0 Å². The first-order chi connectivity index (χ1) is 16.8. The molecule has 0 atom stereocenters. The molecular weight excluding hydrogens is 448 g/mol. The van der Waals surface area contributed by atoms with Crippen LogP contribution in [0.25, 0.3) is 0 Å². The molecule has 35 heavy (non-hydrogen) atoms. The zero-order valence-corrected chi connectivity index (χ0v) is 19.8. The number of benzene rings is 3. The summed E-state index contributed by atoms with van der Waals surface area (Å²) in [5, 5.41) is 3.02. The Labute approximate surface area is 204 Å². The quantitative estimate of drug-likeness (QED) is 0.141. The maximum absolute atomic E-state index is 14.6. The van der Waals surface area contributed by atoms with Crippen LogP contribution in [0.2, 0.25) is 0 Å². The lowest BCUT2D eigenvalue weighted by Gasteiger charge is -2.20. The second kappa shape index (κ2) is 12.2. The van der Waals surface area contributed by atoms with Gasteiger partial charge in [0.05, 0.1) is 5.57 Å². The molecule has 0 amide bonds. The van der Waals surface area contributed by atoms with Gasteiger partial charge in [-0.3, -0.25) is 4.79 Å². The molecule has 0 saturated heterocycles. The molecule has 7 heteroatoms. The highest BCUT2D eigenvalue weighted by Crippen LogP contribution is 2.27. The molecule has 0 heterocycles. The molecule has 1 N–H and O–H groups in total. The van der Waals surface area contributed by atoms with E-state index in [1.807, 2.05) is 6.92 Å². The van der Waals surface area contributed by atoms with Crippen LogP contribution in [-0.4, -0.2) is 31.1 Å². The van der Waals surface area contributed by atoms with Crippen LogP contribution < -0.4 is 16.2 Å². The van der Waals surface area contributed by atoms with Gasteiger partial charge in [-0.25, -0.2) is 0 Å². The fourth-order valence-electron chi connectivity index (χ4n) is 3.75. The maximum Gasteiger partial charge on any atom is 0.432 e. The van der Waals surface area contributed by atoms with Crippen LogP contribution in [-0.2, 0) is 0 Å². The Balaban J connectivity index is 2.24. The van der Waals surface area contributed by atoms with Crippen LogP contribution in [0.5, 0.6) is 0 Å². The average molecular weight is 476 g/mol. The van der Waals surface area contributed by atoms with Crippen LogP contribution in [0.15, 0.2) is 107 Å². The van der Waals surface area contributed by atoms with Gasteiger partial charge < -0.3 is 10.2 Å². The number of rotatable bonds is 10. The van der Waals surface area contributed by atoms with Gasteiger partial charge in [0.25, 0.3) is 0 Å². The molecule has 3 nitrogen and oxygen atoms in total. The minimum Gasteiger partial charge on any atom is -0.388 e. The number of Topliss-reactive ketones (excluding diaryl/α,β-unsaturated/α-hetero) is 1. The van der Waals surface area contributed by atoms with E-state index in [2.05, 4.69) is 10.2 Å². The number of unbranched alkanes of at least 4 members (excludes halogenated alkanes) is 1. The average Bonchev–Trinajstić information content (AvgIpc) is 2.87. The Bertz CT molecular complexity index is 1120. The Hall–Kier alpha value is -3.61. The second-order valence-corrected chi connectivity index (χ2v) is 8.17. The Morgan fingerprint density at radius 1 is 0.857 bits per heavy atom. The molecule has 180 valence electrons. The number of hydrogen-bond acceptors (Lipinski definition) is 3. The molecule has 0 radical (unpaired) electrons. The third-order valence-electron chi connectivity index (χ3n) is 5.55. The minimum absolute atomic E-state index is 0.156. The normalized spacial score (nSPS) is 12.7. The summed E-state index contributed by atoms with van der Waals surface area (Å²) in [6.07, 6.45) is -3.22. The van der Waals surface area contributed by atoms with Crippen LogP contribution in [0.1, 0.15) is 37.0 Å². The lowest BCUT2D eigenvalue weighted by Crippen LogP contribution is -2.44. The number of ketones is 1. The topological polar surface area (TPSA) is 41.5 Å². The van der Waals surface area contributed by atoms with Crippen molar-refractivity contribution in [1.29, 1.82) is 0 Å². The van der Waals surface area contributed by atoms with Gasteiger partial charge in [0.1, 0.15) is 5.71 Å². The standard InChI is InChI=1S/C28H28BF3N2O/c1-3-4-20-33-21(2)25(26(35)22-14-8-5-9-15-22)27(28(30,31)32)34-29(23-16-10-6-11-17-23)24-18-12-7-13-19-24/h5-19,33H,3-4,20H2,1-2H3/b25-21-,34-27+. The first-order valence-electron chi connectivity index (χ1n) is 11.6. The van der Waals surface area contributed by atoms with Crippen molar-refractivity contribution in [2.45, 2.75) is 32.9 Å². The molecule has 0 bridgehead atoms. The second-order valence-electron chi connectivity index (χ2n) is 8.17. The van der Waals surface area contributed by atoms with E-state index < -0.39 is 30.1 Å². The summed E-state index contributed by atoms with van der Waals surface area (Å²) in [5.41, 5.74) is -0.121. The maximum atomic E-state index is 14.6. The molecule has 0 spiro atoms. The number of carbonyl (C=O) groups excluding carboxylic acids is 1. The molecule has 0 aliphatic heterocycles. The molecule has 3 aromatic rings. The number of hydrogen-bond donors (Lipinski definition) is 1. The summed E-state index contributed by atoms with van der Waals surface area (Å²) < 4.78 is 43.9. The van der Waals surface area contributed by atoms with E-state index in [9.17, 15) is 18.0 Å². The molecule has 0 fully saturated rings. The van der Waals surface area contributed by atoms with Gasteiger partial charge in [0.15, 0.2) is 5.78 Å². The molecule has 0 saturated carbocycles. The van der Waals surface area contributed by atoms with E-state index in [1.165, 1.54) is 19.1 Å². The molecule has 0 aliphatic carbocycles. The summed E-state index contributed by atoms with van der Waals surface area (Å²) in [6, 6.07) is 25.6. The SMILES string of the molecule is CCCCN/C(C)=C(C(=O)c1ccccc1)\C(=N/B(c1ccccc1)c1ccccc1)C(F)(F)F. The van der Waals surface area contributed by atoms with E-state index in [4.69, 9.17) is 0 Å². The number of halogens is 3. The van der Waals surface area contributed by atoms with E-state index >= 15 is 0 Å². The fraction of sp³-hybridized carbons (Fsp3) is 0.214. The van der Waals surface area contributed by atoms with E-state index in [-0.39, 0.29) is 11.3 Å². The van der Waals surface area contributed by atoms with E-state index in [1.54, 1.807) is 78.9 Å². The predicted molar refractivity (Wildman–Crippen MR) is 138 cm³/mol. The predicted octanol–water partition coefficient (Wildman–Crippen LogP) is 5.34. The van der Waals surface area contributed by atoms with Crippen molar-refractivity contribution in [1.82, 2.24) is 5.32 Å². The number of alkyl halides is 3. The van der Waals surface area contributed by atoms with E-state index in [0.717, 1.165) is 12.8 Å². The van der Waals surface area contributed by atoms with Crippen molar-refractivity contribution in [2.75, 3.05) is 6.54 Å². The fourth-order valence-corrected chi connectivity index (χ4v) is 3.75. The van der Waals surface area contributed by atoms with Crippen molar-refractivity contribution in [3.05, 3.63) is 108 Å². The highest BCUT2D eigenvalue weighted by atomic mass is 19.4. The van der Waals surface area contributed by atoms with Crippen molar-refractivity contribution in [3.63, 3.8) is 0 Å². The summed E-state index contributed by atoms with van der Waals surface area (Å²) in [5.74, 6) is -0.719. The number of allylic oxidation sites excluding steroid dienone is 2. The smallest absolute Gasteiger partial charge is 0.388 e. The summed E-state index contributed by atoms with van der Waals surface area (Å²) >= 11 is 0. The number of nitrogens with one attached hydrogen (secondary N) is 1. The molecule has 0 aliphatic rings. The van der Waals surface area contributed by atoms with Crippen LogP contribution in [0.4, 0.5) is 13.2 Å². The molecule has 0 unspecified atom stereocenters. The molecule has 3 aromatic carbocycles. The molecule has 0 aromatic heterocycles. The van der Waals surface area contributed by atoms with Crippen molar-refractivity contribution in [3.8, 4) is 0 Å². The minimum atomic E-state index is -4.85. The van der Waals surface area contributed by atoms with Crippen LogP contribution in [0, 0.1) is 0 Å². The lowest BCUT2D eigenvalue weighted by atomic mass is 9.51. The summed E-state index contributed by atoms with van der Waals surface area (Å²) in [6.45, 7) is 3.02. The van der Waals surface area contributed by atoms with Gasteiger partial charge in [-0.15, -0.1) is 0 Å². The Kier molecular flexibility index (Phi) is 9.07. The van der Waals surface area contributed by atoms with Crippen molar-refractivity contribution >= 4 is 29.3 Å². The molecule has 3 rings (SSSR count). The van der Waals surface area contributed by atoms with Crippen molar-refractivity contribution in [2.24, 2.45) is 4.90 Å². The van der Waals surface area contributed by atoms with Gasteiger partial charge >= 0.3 is 13.0 Å². The first-order valence-corrected chi connectivity index (χ1v) is 11.6. The van der Waals surface area contributed by atoms with E-state index in [0.29, 0.717) is 17.5 Å². The Morgan fingerprint density at radius 2 is 1.34 bits per heavy atom. The van der Waals surface area contributed by atoms with Gasteiger partial charge in [-0.1, -0.05) is 104 Å². The van der Waals surface area contributed by atoms with Gasteiger partial charge in [-0.05, 0) is 24.3 Å². The lowest BCUT2D eigenvalue weighted by molar-refractivity contribution is -0.0581. The Morgan fingerprint density at radius 3 is 1.80 bits per heavy atom. The highest BCUT2D eigenvalue weighted by molar-refractivity contribution is 6.84. The highest BCUT2D eigenvalue weighted by Gasteiger charge is 2.42. The summed E-state index contributed by atoms with van der Waals surface area (Å²) in [4.78, 5) is 17.7. The monoisotopic (exact) mass is 476 g/mol. The molecular formula is C28H28BF3N2O. The zero-order chi connectivity index (χ0) is 25.3. The van der Waals surface area contributed by atoms with Gasteiger partial charge in [-0.2, -0.15) is 13.2 Å². The van der Waals surface area contributed by atoms with Gasteiger partial charge in [0, 0.05) is 17.8 Å².